The highest BCUT2D eigenvalue weighted by molar-refractivity contribution is 6.17. The number of nitrogens with zero attached hydrogens (tertiary/aromatic N) is 6. The van der Waals surface area contributed by atoms with Crippen LogP contribution in [0.15, 0.2) is 297 Å². The zero-order valence-corrected chi connectivity index (χ0v) is 50.2. The summed E-state index contributed by atoms with van der Waals surface area (Å²) in [6, 6.07) is 105. The van der Waals surface area contributed by atoms with Crippen LogP contribution in [0.5, 0.6) is 0 Å². The van der Waals surface area contributed by atoms with Crippen molar-refractivity contribution in [3.63, 3.8) is 0 Å². The van der Waals surface area contributed by atoms with E-state index < -0.39 is 11.6 Å². The molecule has 0 fully saturated rings. The highest BCUT2D eigenvalue weighted by atomic mass is 19.1. The van der Waals surface area contributed by atoms with Gasteiger partial charge in [0.25, 0.3) is 0 Å². The molecule has 0 saturated carbocycles. The van der Waals surface area contributed by atoms with Crippen LogP contribution in [0.4, 0.5) is 8.78 Å². The van der Waals surface area contributed by atoms with E-state index >= 15 is 8.78 Å². The Morgan fingerprint density at radius 3 is 0.688 bits per heavy atom. The van der Waals surface area contributed by atoms with Gasteiger partial charge in [-0.05, 0) is 139 Å². The zero-order chi connectivity index (χ0) is 61.3. The molecule has 0 aliphatic heterocycles. The van der Waals surface area contributed by atoms with Gasteiger partial charge in [0, 0.05) is 87.4 Å². The summed E-state index contributed by atoms with van der Waals surface area (Å²) in [7, 11) is 0. The first kappa shape index (κ1) is 51.6. The molecular weight excluding hydrogens is 1140 g/mol. The molecule has 0 saturated heterocycles. The second kappa shape index (κ2) is 19.4. The first-order valence-electron chi connectivity index (χ1n) is 31.6. The molecule has 14 aromatic carbocycles. The van der Waals surface area contributed by atoms with E-state index in [0.29, 0.717) is 11.1 Å². The smallest absolute Gasteiger partial charge is 0.133 e. The third-order valence-electron chi connectivity index (χ3n) is 19.9. The fraction of sp³-hybridized carbons (Fsp3) is 0.0118. The minimum absolute atomic E-state index is 0.0787. The van der Waals surface area contributed by atoms with E-state index in [4.69, 9.17) is 0 Å². The van der Waals surface area contributed by atoms with Gasteiger partial charge in [-0.1, -0.05) is 176 Å². The number of rotatable bonds is 7. The third kappa shape index (κ3) is 7.25. The van der Waals surface area contributed by atoms with Crippen molar-refractivity contribution in [1.82, 2.24) is 27.4 Å². The molecule has 436 valence electrons. The highest BCUT2D eigenvalue weighted by Crippen LogP contribution is 2.46. The number of halogens is 2. The van der Waals surface area contributed by atoms with E-state index in [1.807, 2.05) is 6.92 Å². The Kier molecular flexibility index (Phi) is 10.8. The number of fused-ring (bicyclic) bond motifs is 18. The molecule has 0 bridgehead atoms. The van der Waals surface area contributed by atoms with Crippen molar-refractivity contribution in [2.24, 2.45) is 0 Å². The van der Waals surface area contributed by atoms with E-state index in [-0.39, 0.29) is 5.56 Å². The standard InChI is InChI=1S/C85H52F2N6/c1-51-45-83(92-79-46-52(88-71-29-10-2-19-56(71)57-20-3-11-30-72(57)88)37-41-64(79)65-42-38-53(47-80(65)92)89-73-31-12-4-21-58(73)59-22-5-13-32-74(59)89)84(50-68(51)85-69(86)27-18-28-70(85)87)93-81-48-54(90-75-33-14-6-23-60(75)61-24-7-15-34-76(61)90)39-43-66(81)67-44-40-55(49-82(67)93)91-77-35-16-8-25-62(77)63-26-9-17-36-78(63)91/h2-50H,1H3. The lowest BCUT2D eigenvalue weighted by Gasteiger charge is -2.21. The molecule has 8 heteroatoms. The van der Waals surface area contributed by atoms with E-state index in [2.05, 4.69) is 306 Å². The van der Waals surface area contributed by atoms with Crippen LogP contribution in [0.2, 0.25) is 0 Å². The summed E-state index contributed by atoms with van der Waals surface area (Å²) in [6.45, 7) is 1.99. The molecule has 0 radical (unpaired) electrons. The second-order valence-electron chi connectivity index (χ2n) is 24.7. The summed E-state index contributed by atoms with van der Waals surface area (Å²) in [4.78, 5) is 0. The molecule has 93 heavy (non-hydrogen) atoms. The summed E-state index contributed by atoms with van der Waals surface area (Å²) < 4.78 is 48.2. The van der Waals surface area contributed by atoms with Crippen LogP contribution in [0.1, 0.15) is 5.56 Å². The van der Waals surface area contributed by atoms with Gasteiger partial charge >= 0.3 is 0 Å². The maximum atomic E-state index is 17.0. The minimum atomic E-state index is -0.634. The number of aromatic nitrogens is 6. The lowest BCUT2D eigenvalue weighted by molar-refractivity contribution is 0.589. The minimum Gasteiger partial charge on any atom is -0.309 e. The van der Waals surface area contributed by atoms with Gasteiger partial charge in [-0.15, -0.1) is 0 Å². The fourth-order valence-corrected chi connectivity index (χ4v) is 15.9. The monoisotopic (exact) mass is 1190 g/mol. The number of aryl methyl sites for hydroxylation is 1. The number of hydrogen-bond donors (Lipinski definition) is 0. The molecule has 0 aliphatic rings. The largest absolute Gasteiger partial charge is 0.309 e. The topological polar surface area (TPSA) is 29.6 Å². The molecule has 0 atom stereocenters. The van der Waals surface area contributed by atoms with Gasteiger partial charge in [0.1, 0.15) is 11.6 Å². The van der Waals surface area contributed by atoms with Crippen LogP contribution in [-0.2, 0) is 0 Å². The van der Waals surface area contributed by atoms with Crippen molar-refractivity contribution >= 4 is 131 Å². The van der Waals surface area contributed by atoms with Crippen molar-refractivity contribution in [3.8, 4) is 45.3 Å². The summed E-state index contributed by atoms with van der Waals surface area (Å²) >= 11 is 0. The van der Waals surface area contributed by atoms with Gasteiger partial charge < -0.3 is 27.4 Å². The molecule has 0 N–H and O–H groups in total. The quantitative estimate of drug-likeness (QED) is 0.152. The third-order valence-corrected chi connectivity index (χ3v) is 19.9. The van der Waals surface area contributed by atoms with Crippen LogP contribution < -0.4 is 0 Å². The van der Waals surface area contributed by atoms with Gasteiger partial charge in [-0.25, -0.2) is 8.78 Å². The van der Waals surface area contributed by atoms with Crippen LogP contribution in [0, 0.1) is 18.6 Å². The van der Waals surface area contributed by atoms with Crippen molar-refractivity contribution in [2.45, 2.75) is 6.92 Å². The lowest BCUT2D eigenvalue weighted by Crippen LogP contribution is -2.07. The van der Waals surface area contributed by atoms with Crippen LogP contribution in [0.3, 0.4) is 0 Å². The molecule has 20 rings (SSSR count). The molecule has 0 aliphatic carbocycles. The SMILES string of the molecule is Cc1cc(-n2c3cc(-n4c5ccccc5c5ccccc54)ccc3c3ccc(-n4c5ccccc5c5ccccc54)cc32)c(-n2c3cc(-n4c5ccccc5c5ccccc54)ccc3c3ccc(-n4c5ccccc5c5ccccc54)cc32)cc1-c1c(F)cccc1F. The molecule has 6 aromatic heterocycles. The average Bonchev–Trinajstić information content (AvgIpc) is 1.58. The number of hydrogen-bond acceptors (Lipinski definition) is 0. The Labute approximate surface area is 530 Å². The number of para-hydroxylation sites is 8. The van der Waals surface area contributed by atoms with Crippen LogP contribution >= 0.6 is 0 Å². The lowest BCUT2D eigenvalue weighted by atomic mass is 9.97. The molecule has 0 unspecified atom stereocenters. The van der Waals surface area contributed by atoms with Crippen LogP contribution in [0.25, 0.3) is 176 Å². The van der Waals surface area contributed by atoms with E-state index in [9.17, 15) is 0 Å². The van der Waals surface area contributed by atoms with E-state index in [1.54, 1.807) is 0 Å². The molecule has 0 amide bonds. The van der Waals surface area contributed by atoms with E-state index in [0.717, 1.165) is 143 Å². The molecule has 0 spiro atoms. The molecular formula is C85H52F2N6. The van der Waals surface area contributed by atoms with Gasteiger partial charge in [0.2, 0.25) is 0 Å². The van der Waals surface area contributed by atoms with Crippen molar-refractivity contribution < 1.29 is 8.78 Å². The summed E-state index contributed by atoms with van der Waals surface area (Å²) in [5, 5.41) is 13.5. The van der Waals surface area contributed by atoms with E-state index in [1.165, 1.54) is 39.7 Å². The average molecular weight is 1200 g/mol. The normalized spacial score (nSPS) is 12.2. The summed E-state index contributed by atoms with van der Waals surface area (Å²) in [6.07, 6.45) is 0. The molecule has 6 heterocycles. The predicted molar refractivity (Wildman–Crippen MR) is 383 cm³/mol. The van der Waals surface area contributed by atoms with Crippen molar-refractivity contribution in [2.75, 3.05) is 0 Å². The summed E-state index contributed by atoms with van der Waals surface area (Å²) in [5.41, 5.74) is 19.1. The van der Waals surface area contributed by atoms with Crippen molar-refractivity contribution in [1.29, 1.82) is 0 Å². The Morgan fingerprint density at radius 1 is 0.204 bits per heavy atom. The highest BCUT2D eigenvalue weighted by Gasteiger charge is 2.27. The second-order valence-corrected chi connectivity index (χ2v) is 24.7. The maximum absolute atomic E-state index is 17.0. The molecule has 20 aromatic rings. The molecule has 6 nitrogen and oxygen atoms in total. The first-order chi connectivity index (χ1) is 45.9. The van der Waals surface area contributed by atoms with Crippen molar-refractivity contribution in [3.05, 3.63) is 314 Å². The van der Waals surface area contributed by atoms with Gasteiger partial charge in [0.05, 0.1) is 83.1 Å². The fourth-order valence-electron chi connectivity index (χ4n) is 15.9. The Bertz CT molecular complexity index is 6040. The number of benzene rings is 14. The van der Waals surface area contributed by atoms with Gasteiger partial charge in [-0.2, -0.15) is 0 Å². The maximum Gasteiger partial charge on any atom is 0.133 e. The van der Waals surface area contributed by atoms with Gasteiger partial charge in [-0.3, -0.25) is 0 Å². The Morgan fingerprint density at radius 2 is 0.430 bits per heavy atom. The zero-order valence-electron chi connectivity index (χ0n) is 50.2. The Hall–Kier alpha value is -12.3. The predicted octanol–water partition coefficient (Wildman–Crippen LogP) is 22.5. The Balaban J connectivity index is 0.961. The summed E-state index contributed by atoms with van der Waals surface area (Å²) in [5.74, 6) is -1.27. The van der Waals surface area contributed by atoms with Gasteiger partial charge in [0.15, 0.2) is 0 Å². The first-order valence-corrected chi connectivity index (χ1v) is 31.6. The van der Waals surface area contributed by atoms with Crippen LogP contribution in [-0.4, -0.2) is 27.4 Å².